The van der Waals surface area contributed by atoms with E-state index in [0.29, 0.717) is 40.5 Å². The highest BCUT2D eigenvalue weighted by molar-refractivity contribution is 7.71. The maximum atomic E-state index is 12.6. The number of aromatic nitrogens is 5. The molecular formula is C17H17ClN6O2S2. The molecule has 0 unspecified atom stereocenters. The predicted octanol–water partition coefficient (Wildman–Crippen LogP) is 4.26. The molecule has 3 rings (SSSR count). The summed E-state index contributed by atoms with van der Waals surface area (Å²) in [6.45, 7) is 8.34. The van der Waals surface area contributed by atoms with E-state index in [-0.39, 0.29) is 10.7 Å². The van der Waals surface area contributed by atoms with Gasteiger partial charge in [0.25, 0.3) is 5.91 Å². The zero-order valence-corrected chi connectivity index (χ0v) is 17.5. The number of hydrogen-bond donors (Lipinski definition) is 2. The molecule has 3 aromatic rings. The molecule has 1 amide bonds. The standard InChI is InChI=1S/C17H17ClN6O2S2/c1-4-8-24-14(22-23-17(24)27)13-9(3)19-16(28-13)21-15(25)12-10(18)6-7-11(20-12)26-5-2/h4,6-7H,1,5,8H2,2-3H3,(H,23,27)(H,19,21,25). The third-order valence-corrected chi connectivity index (χ3v) is 5.30. The molecule has 0 fully saturated rings. The fourth-order valence-corrected chi connectivity index (χ4v) is 3.77. The molecule has 0 radical (unpaired) electrons. The fraction of sp³-hybridized carbons (Fsp3) is 0.235. The van der Waals surface area contributed by atoms with Crippen LogP contribution in [0.5, 0.6) is 5.88 Å². The normalized spacial score (nSPS) is 10.7. The Morgan fingerprint density at radius 2 is 2.29 bits per heavy atom. The molecule has 0 aromatic carbocycles. The Balaban J connectivity index is 1.88. The van der Waals surface area contributed by atoms with Crippen molar-refractivity contribution in [2.24, 2.45) is 0 Å². The number of carbonyl (C=O) groups is 1. The SMILES string of the molecule is C=CCn1c(-c2sc(NC(=O)c3nc(OCC)ccc3Cl)nc2C)n[nH]c1=S. The number of aromatic amines is 1. The van der Waals surface area contributed by atoms with E-state index in [1.807, 2.05) is 13.8 Å². The smallest absolute Gasteiger partial charge is 0.277 e. The third-order valence-electron chi connectivity index (χ3n) is 3.62. The maximum Gasteiger partial charge on any atom is 0.277 e. The molecule has 0 saturated heterocycles. The quantitative estimate of drug-likeness (QED) is 0.424. The molecule has 0 spiro atoms. The Hall–Kier alpha value is -2.56. The first kappa shape index (κ1) is 20.2. The molecule has 146 valence electrons. The number of ether oxygens (including phenoxy) is 1. The number of halogens is 1. The Kier molecular flexibility index (Phi) is 6.22. The van der Waals surface area contributed by atoms with Crippen molar-refractivity contribution >= 4 is 46.2 Å². The number of hydrogen-bond acceptors (Lipinski definition) is 7. The summed E-state index contributed by atoms with van der Waals surface area (Å²) in [6.07, 6.45) is 1.73. The number of carbonyl (C=O) groups excluding carboxylic acids is 1. The molecule has 0 saturated carbocycles. The van der Waals surface area contributed by atoms with Crippen molar-refractivity contribution in [2.75, 3.05) is 11.9 Å². The molecule has 0 bridgehead atoms. The molecule has 0 aliphatic heterocycles. The molecule has 8 nitrogen and oxygen atoms in total. The van der Waals surface area contributed by atoms with Crippen LogP contribution in [-0.4, -0.2) is 37.2 Å². The number of nitrogens with one attached hydrogen (secondary N) is 2. The zero-order chi connectivity index (χ0) is 20.3. The van der Waals surface area contributed by atoms with Crippen molar-refractivity contribution in [3.05, 3.63) is 46.0 Å². The van der Waals surface area contributed by atoms with Crippen molar-refractivity contribution in [2.45, 2.75) is 20.4 Å². The van der Waals surface area contributed by atoms with Gasteiger partial charge in [-0.15, -0.1) is 6.58 Å². The highest BCUT2D eigenvalue weighted by atomic mass is 35.5. The molecule has 11 heteroatoms. The summed E-state index contributed by atoms with van der Waals surface area (Å²) in [5, 5.41) is 10.4. The van der Waals surface area contributed by atoms with Crippen LogP contribution in [0, 0.1) is 11.7 Å². The van der Waals surface area contributed by atoms with E-state index in [9.17, 15) is 4.79 Å². The van der Waals surface area contributed by atoms with Crippen LogP contribution in [0.2, 0.25) is 5.02 Å². The summed E-state index contributed by atoms with van der Waals surface area (Å²) in [4.78, 5) is 22.0. The summed E-state index contributed by atoms with van der Waals surface area (Å²) in [7, 11) is 0. The zero-order valence-electron chi connectivity index (χ0n) is 15.2. The van der Waals surface area contributed by atoms with E-state index in [0.717, 1.165) is 4.88 Å². The second-order valence-electron chi connectivity index (χ2n) is 5.55. The lowest BCUT2D eigenvalue weighted by atomic mass is 10.3. The van der Waals surface area contributed by atoms with E-state index in [4.69, 9.17) is 28.6 Å². The highest BCUT2D eigenvalue weighted by Gasteiger charge is 2.19. The molecule has 0 aliphatic carbocycles. The lowest BCUT2D eigenvalue weighted by Gasteiger charge is -2.06. The number of nitrogens with zero attached hydrogens (tertiary/aromatic N) is 4. The van der Waals surface area contributed by atoms with Crippen LogP contribution in [0.15, 0.2) is 24.8 Å². The average molecular weight is 437 g/mol. The van der Waals surface area contributed by atoms with Gasteiger partial charge < -0.3 is 4.74 Å². The number of amides is 1. The van der Waals surface area contributed by atoms with Gasteiger partial charge in [0.05, 0.1) is 22.2 Å². The van der Waals surface area contributed by atoms with E-state index < -0.39 is 5.91 Å². The van der Waals surface area contributed by atoms with E-state index in [1.54, 1.807) is 22.8 Å². The number of allylic oxidation sites excluding steroid dienone is 1. The molecular weight excluding hydrogens is 420 g/mol. The lowest BCUT2D eigenvalue weighted by molar-refractivity contribution is 0.102. The van der Waals surface area contributed by atoms with Gasteiger partial charge in [-0.1, -0.05) is 29.0 Å². The Morgan fingerprint density at radius 3 is 3.00 bits per heavy atom. The lowest BCUT2D eigenvalue weighted by Crippen LogP contribution is -2.14. The first-order valence-electron chi connectivity index (χ1n) is 8.29. The van der Waals surface area contributed by atoms with E-state index in [1.165, 1.54) is 11.3 Å². The first-order chi connectivity index (χ1) is 13.4. The monoisotopic (exact) mass is 436 g/mol. The minimum absolute atomic E-state index is 0.0661. The van der Waals surface area contributed by atoms with Crippen LogP contribution in [0.4, 0.5) is 5.13 Å². The fourth-order valence-electron chi connectivity index (χ4n) is 2.41. The van der Waals surface area contributed by atoms with Gasteiger partial charge in [0.15, 0.2) is 21.4 Å². The number of rotatable bonds is 7. The van der Waals surface area contributed by atoms with Gasteiger partial charge in [0, 0.05) is 12.6 Å². The van der Waals surface area contributed by atoms with E-state index >= 15 is 0 Å². The van der Waals surface area contributed by atoms with Gasteiger partial charge in [-0.05, 0) is 32.1 Å². The summed E-state index contributed by atoms with van der Waals surface area (Å²) < 4.78 is 7.61. The minimum atomic E-state index is -0.475. The molecule has 3 aromatic heterocycles. The van der Waals surface area contributed by atoms with E-state index in [2.05, 4.69) is 32.1 Å². The Morgan fingerprint density at radius 1 is 1.50 bits per heavy atom. The number of H-pyrrole nitrogens is 1. The number of aryl methyl sites for hydroxylation is 1. The van der Waals surface area contributed by atoms with Crippen molar-refractivity contribution in [1.82, 2.24) is 24.7 Å². The van der Waals surface area contributed by atoms with Gasteiger partial charge in [0.2, 0.25) is 5.88 Å². The molecule has 3 heterocycles. The number of anilines is 1. The van der Waals surface area contributed by atoms with Crippen LogP contribution < -0.4 is 10.1 Å². The topological polar surface area (TPSA) is 97.7 Å². The summed E-state index contributed by atoms with van der Waals surface area (Å²) in [5.41, 5.74) is 0.776. The molecule has 0 atom stereocenters. The van der Waals surface area contributed by atoms with Crippen LogP contribution in [0.3, 0.4) is 0 Å². The number of thiazole rings is 1. The molecule has 2 N–H and O–H groups in total. The largest absolute Gasteiger partial charge is 0.478 e. The highest BCUT2D eigenvalue weighted by Crippen LogP contribution is 2.32. The van der Waals surface area contributed by atoms with Crippen molar-refractivity contribution in [3.63, 3.8) is 0 Å². The number of pyridine rings is 1. The van der Waals surface area contributed by atoms with Gasteiger partial charge in [-0.25, -0.2) is 9.97 Å². The Labute approximate surface area is 175 Å². The summed E-state index contributed by atoms with van der Waals surface area (Å²) >= 11 is 12.6. The van der Waals surface area contributed by atoms with Gasteiger partial charge in [-0.3, -0.25) is 19.8 Å². The third kappa shape index (κ3) is 4.13. The van der Waals surface area contributed by atoms with Crippen LogP contribution in [0.1, 0.15) is 23.1 Å². The second-order valence-corrected chi connectivity index (χ2v) is 7.35. The van der Waals surface area contributed by atoms with Crippen LogP contribution in [0.25, 0.3) is 10.7 Å². The van der Waals surface area contributed by atoms with Gasteiger partial charge >= 0.3 is 0 Å². The molecule has 28 heavy (non-hydrogen) atoms. The maximum absolute atomic E-state index is 12.6. The second kappa shape index (κ2) is 8.63. The van der Waals surface area contributed by atoms with Gasteiger partial charge in [-0.2, -0.15) is 5.10 Å². The van der Waals surface area contributed by atoms with Crippen molar-refractivity contribution in [1.29, 1.82) is 0 Å². The van der Waals surface area contributed by atoms with Gasteiger partial charge in [0.1, 0.15) is 0 Å². The van der Waals surface area contributed by atoms with Crippen LogP contribution >= 0.6 is 35.2 Å². The summed E-state index contributed by atoms with van der Waals surface area (Å²) in [6, 6.07) is 3.18. The average Bonchev–Trinajstić information content (AvgIpc) is 3.19. The Bertz CT molecular complexity index is 1090. The van der Waals surface area contributed by atoms with Crippen LogP contribution in [-0.2, 0) is 6.54 Å². The summed E-state index contributed by atoms with van der Waals surface area (Å²) in [5.74, 6) is 0.486. The van der Waals surface area contributed by atoms with Crippen molar-refractivity contribution in [3.8, 4) is 16.6 Å². The minimum Gasteiger partial charge on any atom is -0.478 e. The molecule has 0 aliphatic rings. The first-order valence-corrected chi connectivity index (χ1v) is 9.89. The van der Waals surface area contributed by atoms with Crippen molar-refractivity contribution < 1.29 is 9.53 Å². The predicted molar refractivity (Wildman–Crippen MR) is 112 cm³/mol.